The quantitative estimate of drug-likeness (QED) is 0.616. The van der Waals surface area contributed by atoms with E-state index in [2.05, 4.69) is 38.7 Å². The van der Waals surface area contributed by atoms with Crippen molar-refractivity contribution in [3.63, 3.8) is 0 Å². The van der Waals surface area contributed by atoms with Crippen LogP contribution >= 0.6 is 12.6 Å². The smallest absolute Gasteiger partial charge is 0.325 e. The zero-order chi connectivity index (χ0) is 15.0. The second-order valence-corrected chi connectivity index (χ2v) is 7.15. The Labute approximate surface area is 125 Å². The minimum absolute atomic E-state index is 0.00768. The van der Waals surface area contributed by atoms with Crippen molar-refractivity contribution in [1.82, 2.24) is 10.2 Å². The second-order valence-electron chi connectivity index (χ2n) is 6.79. The molecule has 5 nitrogen and oxygen atoms in total. The van der Waals surface area contributed by atoms with Crippen molar-refractivity contribution in [1.29, 1.82) is 0 Å². The predicted octanol–water partition coefficient (Wildman–Crippen LogP) is 1.68. The van der Waals surface area contributed by atoms with Crippen molar-refractivity contribution in [2.75, 3.05) is 25.5 Å². The molecule has 2 saturated heterocycles. The number of ether oxygens (including phenoxy) is 1. The van der Waals surface area contributed by atoms with Gasteiger partial charge in [-0.3, -0.25) is 9.69 Å². The molecule has 1 spiro atoms. The van der Waals surface area contributed by atoms with Crippen LogP contribution < -0.4 is 5.32 Å². The van der Waals surface area contributed by atoms with Crippen LogP contribution in [0.5, 0.6) is 0 Å². The van der Waals surface area contributed by atoms with Crippen LogP contribution in [0.15, 0.2) is 0 Å². The van der Waals surface area contributed by atoms with Crippen LogP contribution in [0.3, 0.4) is 0 Å². The Bertz CT molecular complexity index is 400. The first-order chi connectivity index (χ1) is 9.30. The third-order valence-electron chi connectivity index (χ3n) is 4.44. The van der Waals surface area contributed by atoms with Crippen molar-refractivity contribution in [2.24, 2.45) is 11.3 Å². The fraction of sp³-hybridized carbons (Fsp3) is 0.857. The highest BCUT2D eigenvalue weighted by Gasteiger charge is 2.52. The van der Waals surface area contributed by atoms with E-state index in [0.717, 1.165) is 0 Å². The fourth-order valence-corrected chi connectivity index (χ4v) is 3.39. The molecule has 1 unspecified atom stereocenters. The summed E-state index contributed by atoms with van der Waals surface area (Å²) >= 11 is 4.37. The highest BCUT2D eigenvalue weighted by molar-refractivity contribution is 7.80. The van der Waals surface area contributed by atoms with Crippen molar-refractivity contribution >= 4 is 24.6 Å². The standard InChI is InChI=1S/C14H24N2O3S/c1-13(2,3)10(9-20)8-16-11(17)14(15-12(16)18)4-6-19-7-5-14/h10,20H,4-9H2,1-3H3,(H,15,18). The van der Waals surface area contributed by atoms with E-state index in [4.69, 9.17) is 4.74 Å². The number of amides is 3. The molecule has 2 aliphatic rings. The SMILES string of the molecule is CC(C)(C)C(CS)CN1C(=O)NC2(CCOCC2)C1=O. The van der Waals surface area contributed by atoms with Gasteiger partial charge < -0.3 is 10.1 Å². The normalized spacial score (nSPS) is 24.1. The molecule has 6 heteroatoms. The lowest BCUT2D eigenvalue weighted by molar-refractivity contribution is -0.135. The van der Waals surface area contributed by atoms with Gasteiger partial charge in [0, 0.05) is 32.6 Å². The Morgan fingerprint density at radius 1 is 1.35 bits per heavy atom. The molecule has 1 atom stereocenters. The predicted molar refractivity (Wildman–Crippen MR) is 79.8 cm³/mol. The van der Waals surface area contributed by atoms with Crippen molar-refractivity contribution in [3.8, 4) is 0 Å². The molecule has 0 radical (unpaired) electrons. The first-order valence-corrected chi connectivity index (χ1v) is 7.76. The maximum absolute atomic E-state index is 12.6. The van der Waals surface area contributed by atoms with Gasteiger partial charge in [0.2, 0.25) is 0 Å². The molecule has 0 aliphatic carbocycles. The van der Waals surface area contributed by atoms with Gasteiger partial charge in [0.05, 0.1) is 0 Å². The molecule has 0 bridgehead atoms. The lowest BCUT2D eigenvalue weighted by Gasteiger charge is -2.33. The van der Waals surface area contributed by atoms with E-state index in [1.807, 2.05) is 0 Å². The van der Waals surface area contributed by atoms with Gasteiger partial charge in [0.25, 0.3) is 5.91 Å². The van der Waals surface area contributed by atoms with E-state index < -0.39 is 5.54 Å². The third kappa shape index (κ3) is 2.81. The molecule has 0 aromatic heterocycles. The van der Waals surface area contributed by atoms with Crippen LogP contribution in [0.25, 0.3) is 0 Å². The number of carbonyl (C=O) groups excluding carboxylic acids is 2. The maximum Gasteiger partial charge on any atom is 0.325 e. The summed E-state index contributed by atoms with van der Waals surface area (Å²) in [5.41, 5.74) is -0.720. The van der Waals surface area contributed by atoms with Crippen LogP contribution in [0.2, 0.25) is 0 Å². The van der Waals surface area contributed by atoms with E-state index >= 15 is 0 Å². The second kappa shape index (κ2) is 5.56. The Morgan fingerprint density at radius 2 is 1.95 bits per heavy atom. The van der Waals surface area contributed by atoms with E-state index in [0.29, 0.717) is 38.4 Å². The summed E-state index contributed by atoms with van der Waals surface area (Å²) in [4.78, 5) is 26.2. The number of carbonyl (C=O) groups is 2. The van der Waals surface area contributed by atoms with Gasteiger partial charge in [0.15, 0.2) is 0 Å². The average molecular weight is 300 g/mol. The average Bonchev–Trinajstić information content (AvgIpc) is 2.58. The Kier molecular flexibility index (Phi) is 4.35. The van der Waals surface area contributed by atoms with Gasteiger partial charge in [-0.1, -0.05) is 20.8 Å². The minimum Gasteiger partial charge on any atom is -0.381 e. The van der Waals surface area contributed by atoms with Crippen LogP contribution in [0, 0.1) is 11.3 Å². The Balaban J connectivity index is 2.13. The lowest BCUT2D eigenvalue weighted by atomic mass is 9.81. The van der Waals surface area contributed by atoms with Crippen molar-refractivity contribution in [3.05, 3.63) is 0 Å². The molecule has 2 rings (SSSR count). The molecule has 1 N–H and O–H groups in total. The molecule has 0 aromatic rings. The van der Waals surface area contributed by atoms with Gasteiger partial charge >= 0.3 is 6.03 Å². The summed E-state index contributed by atoms with van der Waals surface area (Å²) in [7, 11) is 0. The van der Waals surface area contributed by atoms with E-state index in [1.165, 1.54) is 4.90 Å². The van der Waals surface area contributed by atoms with Crippen LogP contribution in [-0.4, -0.2) is 47.9 Å². The van der Waals surface area contributed by atoms with Crippen LogP contribution in [0.1, 0.15) is 33.6 Å². The molecule has 2 fully saturated rings. The number of hydrogen-bond acceptors (Lipinski definition) is 4. The van der Waals surface area contributed by atoms with Crippen LogP contribution in [-0.2, 0) is 9.53 Å². The first kappa shape index (κ1) is 15.6. The van der Waals surface area contributed by atoms with Gasteiger partial charge in [-0.05, 0) is 17.1 Å². The van der Waals surface area contributed by atoms with E-state index in [1.54, 1.807) is 0 Å². The van der Waals surface area contributed by atoms with E-state index in [-0.39, 0.29) is 23.3 Å². The topological polar surface area (TPSA) is 58.6 Å². The largest absolute Gasteiger partial charge is 0.381 e. The summed E-state index contributed by atoms with van der Waals surface area (Å²) in [6.45, 7) is 7.80. The van der Waals surface area contributed by atoms with Crippen LogP contribution in [0.4, 0.5) is 4.79 Å². The zero-order valence-electron chi connectivity index (χ0n) is 12.4. The Morgan fingerprint density at radius 3 is 2.45 bits per heavy atom. The fourth-order valence-electron chi connectivity index (χ4n) is 2.73. The first-order valence-electron chi connectivity index (χ1n) is 7.13. The van der Waals surface area contributed by atoms with Gasteiger partial charge in [-0.15, -0.1) is 0 Å². The number of rotatable bonds is 3. The highest BCUT2D eigenvalue weighted by atomic mass is 32.1. The number of imide groups is 1. The number of thiol groups is 1. The summed E-state index contributed by atoms with van der Waals surface area (Å²) in [6, 6.07) is -0.270. The third-order valence-corrected chi connectivity index (χ3v) is 4.88. The molecule has 2 heterocycles. The van der Waals surface area contributed by atoms with Gasteiger partial charge in [0.1, 0.15) is 5.54 Å². The number of hydrogen-bond donors (Lipinski definition) is 2. The monoisotopic (exact) mass is 300 g/mol. The Hall–Kier alpha value is -0.750. The summed E-state index contributed by atoms with van der Waals surface area (Å²) in [6.07, 6.45) is 1.13. The minimum atomic E-state index is -0.728. The summed E-state index contributed by atoms with van der Waals surface area (Å²) in [5, 5.41) is 2.88. The molecular formula is C14H24N2O3S. The number of nitrogens with zero attached hydrogens (tertiary/aromatic N) is 1. The molecule has 20 heavy (non-hydrogen) atoms. The molecule has 0 aromatic carbocycles. The summed E-state index contributed by atoms with van der Waals surface area (Å²) < 4.78 is 5.30. The maximum atomic E-state index is 12.6. The van der Waals surface area contributed by atoms with Gasteiger partial charge in [-0.25, -0.2) is 4.79 Å². The number of nitrogens with one attached hydrogen (secondary N) is 1. The highest BCUT2D eigenvalue weighted by Crippen LogP contribution is 2.32. The lowest BCUT2D eigenvalue weighted by Crippen LogP contribution is -2.51. The number of urea groups is 1. The van der Waals surface area contributed by atoms with Crippen molar-refractivity contribution < 1.29 is 14.3 Å². The molecular weight excluding hydrogens is 276 g/mol. The van der Waals surface area contributed by atoms with E-state index in [9.17, 15) is 9.59 Å². The molecule has 2 aliphatic heterocycles. The molecule has 114 valence electrons. The molecule has 0 saturated carbocycles. The summed E-state index contributed by atoms with van der Waals surface area (Å²) in [5.74, 6) is 0.730. The van der Waals surface area contributed by atoms with Crippen molar-refractivity contribution in [2.45, 2.75) is 39.2 Å². The van der Waals surface area contributed by atoms with Gasteiger partial charge in [-0.2, -0.15) is 12.6 Å². The molecule has 3 amide bonds. The zero-order valence-corrected chi connectivity index (χ0v) is 13.3.